The van der Waals surface area contributed by atoms with Crippen molar-refractivity contribution in [3.8, 4) is 16.9 Å². The van der Waals surface area contributed by atoms with Gasteiger partial charge in [0.15, 0.2) is 0 Å². The van der Waals surface area contributed by atoms with Crippen LogP contribution < -0.4 is 0 Å². The minimum atomic E-state index is -4.44. The molecule has 0 unspecified atom stereocenters. The van der Waals surface area contributed by atoms with E-state index in [9.17, 15) is 22.0 Å². The fourth-order valence-electron chi connectivity index (χ4n) is 3.82. The van der Waals surface area contributed by atoms with Gasteiger partial charge in [-0.15, -0.1) is 0 Å². The first-order valence-electron chi connectivity index (χ1n) is 10.7. The lowest BCUT2D eigenvalue weighted by Gasteiger charge is -2.12. The van der Waals surface area contributed by atoms with E-state index >= 15 is 0 Å². The van der Waals surface area contributed by atoms with Crippen molar-refractivity contribution in [1.82, 2.24) is 4.57 Å². The molecule has 4 aromatic rings. The summed E-state index contributed by atoms with van der Waals surface area (Å²) in [5.41, 5.74) is 3.75. The second kappa shape index (κ2) is 9.74. The van der Waals surface area contributed by atoms with Gasteiger partial charge >= 0.3 is 6.18 Å². The predicted octanol–water partition coefficient (Wildman–Crippen LogP) is 7.69. The predicted molar refractivity (Wildman–Crippen MR) is 124 cm³/mol. The van der Waals surface area contributed by atoms with Crippen molar-refractivity contribution in [3.05, 3.63) is 113 Å². The first kappa shape index (κ1) is 24.2. The van der Waals surface area contributed by atoms with Gasteiger partial charge in [0.25, 0.3) is 0 Å². The Morgan fingerprint density at radius 2 is 1.51 bits per heavy atom. The van der Waals surface area contributed by atoms with Crippen LogP contribution in [0.15, 0.2) is 84.0 Å². The van der Waals surface area contributed by atoms with E-state index in [1.807, 2.05) is 17.6 Å². The largest absolute Gasteiger partial charge is 0.416 e. The molecule has 4 rings (SSSR count). The van der Waals surface area contributed by atoms with Gasteiger partial charge in [-0.05, 0) is 91.7 Å². The normalized spacial score (nSPS) is 12.1. The van der Waals surface area contributed by atoms with Crippen LogP contribution in [0.2, 0.25) is 0 Å². The lowest BCUT2D eigenvalue weighted by Crippen LogP contribution is -2.05. The fourth-order valence-corrected chi connectivity index (χ4v) is 3.82. The van der Waals surface area contributed by atoms with E-state index in [-0.39, 0.29) is 18.2 Å². The smallest absolute Gasteiger partial charge is 0.391 e. The highest BCUT2D eigenvalue weighted by molar-refractivity contribution is 6.01. The van der Waals surface area contributed by atoms with Gasteiger partial charge < -0.3 is 9.40 Å². The molecule has 0 atom stereocenters. The Hall–Kier alpha value is -3.94. The van der Waals surface area contributed by atoms with Gasteiger partial charge in [0.1, 0.15) is 18.2 Å². The van der Waals surface area contributed by atoms with E-state index < -0.39 is 11.7 Å². The summed E-state index contributed by atoms with van der Waals surface area (Å²) in [6.07, 6.45) is -4.44. The van der Waals surface area contributed by atoms with Crippen molar-refractivity contribution < 1.29 is 26.8 Å². The minimum Gasteiger partial charge on any atom is -0.391 e. The SMILES string of the molecule is C/C(=N/OCc1cccc(C(F)(F)F)c1)c1cc(-c2ccc(F)cc2)n(-c2ccc(F)cc2)c1C. The zero-order valence-corrected chi connectivity index (χ0v) is 18.9. The molecule has 0 aliphatic rings. The van der Waals surface area contributed by atoms with Crippen molar-refractivity contribution in [2.24, 2.45) is 5.16 Å². The third kappa shape index (κ3) is 5.42. The maximum Gasteiger partial charge on any atom is 0.416 e. The molecule has 180 valence electrons. The minimum absolute atomic E-state index is 0.135. The molecule has 3 aromatic carbocycles. The molecular weight excluding hydrogens is 463 g/mol. The topological polar surface area (TPSA) is 26.5 Å². The number of oxime groups is 1. The summed E-state index contributed by atoms with van der Waals surface area (Å²) in [6, 6.07) is 18.7. The third-order valence-corrected chi connectivity index (χ3v) is 5.55. The molecule has 0 amide bonds. The van der Waals surface area contributed by atoms with Crippen molar-refractivity contribution in [1.29, 1.82) is 0 Å². The van der Waals surface area contributed by atoms with Crippen LogP contribution in [0.1, 0.15) is 29.3 Å². The second-order valence-corrected chi connectivity index (χ2v) is 8.00. The summed E-state index contributed by atoms with van der Waals surface area (Å²) in [4.78, 5) is 5.36. The van der Waals surface area contributed by atoms with Crippen LogP contribution in [0.3, 0.4) is 0 Å². The van der Waals surface area contributed by atoms with Crippen molar-refractivity contribution in [2.75, 3.05) is 0 Å². The van der Waals surface area contributed by atoms with Gasteiger partial charge in [-0.25, -0.2) is 8.78 Å². The highest BCUT2D eigenvalue weighted by atomic mass is 19.4. The van der Waals surface area contributed by atoms with Gasteiger partial charge in [-0.1, -0.05) is 17.3 Å². The van der Waals surface area contributed by atoms with Crippen LogP contribution in [0.25, 0.3) is 16.9 Å². The van der Waals surface area contributed by atoms with Crippen LogP contribution in [-0.4, -0.2) is 10.3 Å². The van der Waals surface area contributed by atoms with Crippen molar-refractivity contribution in [3.63, 3.8) is 0 Å². The molecule has 0 aliphatic carbocycles. The number of alkyl halides is 3. The van der Waals surface area contributed by atoms with Crippen LogP contribution in [0.4, 0.5) is 22.0 Å². The van der Waals surface area contributed by atoms with Gasteiger partial charge in [0, 0.05) is 16.9 Å². The molecule has 0 saturated heterocycles. The molecule has 8 heteroatoms. The summed E-state index contributed by atoms with van der Waals surface area (Å²) < 4.78 is 67.7. The molecule has 0 fully saturated rings. The Bertz CT molecular complexity index is 1350. The van der Waals surface area contributed by atoms with E-state index in [0.29, 0.717) is 17.0 Å². The first-order valence-corrected chi connectivity index (χ1v) is 10.7. The second-order valence-electron chi connectivity index (χ2n) is 8.00. The molecule has 1 heterocycles. The summed E-state index contributed by atoms with van der Waals surface area (Å²) >= 11 is 0. The Balaban J connectivity index is 1.66. The number of nitrogens with zero attached hydrogens (tertiary/aromatic N) is 2. The molecule has 0 saturated carbocycles. The molecule has 0 N–H and O–H groups in total. The molecule has 0 aliphatic heterocycles. The molecule has 0 bridgehead atoms. The number of hydrogen-bond acceptors (Lipinski definition) is 2. The summed E-state index contributed by atoms with van der Waals surface area (Å²) in [5, 5.41) is 4.11. The maximum absolute atomic E-state index is 13.5. The van der Waals surface area contributed by atoms with Crippen molar-refractivity contribution >= 4 is 5.71 Å². The summed E-state index contributed by atoms with van der Waals surface area (Å²) in [6.45, 7) is 3.44. The van der Waals surface area contributed by atoms with E-state index in [1.165, 1.54) is 36.4 Å². The molecule has 0 spiro atoms. The number of benzene rings is 3. The number of aromatic nitrogens is 1. The van der Waals surface area contributed by atoms with E-state index in [0.717, 1.165) is 34.6 Å². The Morgan fingerprint density at radius 1 is 0.886 bits per heavy atom. The average Bonchev–Trinajstić information content (AvgIpc) is 3.17. The molecular formula is C27H21F5N2O. The highest BCUT2D eigenvalue weighted by Crippen LogP contribution is 2.31. The van der Waals surface area contributed by atoms with Gasteiger partial charge in [-0.2, -0.15) is 13.2 Å². The number of halogens is 5. The zero-order chi connectivity index (χ0) is 25.2. The van der Waals surface area contributed by atoms with Crippen LogP contribution in [0.5, 0.6) is 0 Å². The quantitative estimate of drug-likeness (QED) is 0.157. The third-order valence-electron chi connectivity index (χ3n) is 5.55. The average molecular weight is 484 g/mol. The lowest BCUT2D eigenvalue weighted by atomic mass is 10.1. The summed E-state index contributed by atoms with van der Waals surface area (Å²) in [5.74, 6) is -0.742. The van der Waals surface area contributed by atoms with Gasteiger partial charge in [0.05, 0.1) is 17.0 Å². The Kier molecular flexibility index (Phi) is 6.73. The van der Waals surface area contributed by atoms with Gasteiger partial charge in [-0.3, -0.25) is 0 Å². The molecule has 3 nitrogen and oxygen atoms in total. The molecule has 35 heavy (non-hydrogen) atoms. The fraction of sp³-hybridized carbons (Fsp3) is 0.148. The van der Waals surface area contributed by atoms with Crippen LogP contribution in [0, 0.1) is 18.6 Å². The van der Waals surface area contributed by atoms with E-state index in [4.69, 9.17) is 4.84 Å². The monoisotopic (exact) mass is 484 g/mol. The Morgan fingerprint density at radius 3 is 2.14 bits per heavy atom. The standard InChI is InChI=1S/C27H21F5N2O/c1-17(33-35-16-19-4-3-5-21(14-19)27(30,31)32)25-15-26(20-6-8-22(28)9-7-20)34(18(25)2)24-12-10-23(29)11-13-24/h3-15H,16H2,1-2H3/b33-17-. The highest BCUT2D eigenvalue weighted by Gasteiger charge is 2.30. The number of rotatable bonds is 6. The molecule has 1 aromatic heterocycles. The van der Waals surface area contributed by atoms with E-state index in [1.54, 1.807) is 31.2 Å². The number of hydrogen-bond donors (Lipinski definition) is 0. The van der Waals surface area contributed by atoms with Crippen LogP contribution in [-0.2, 0) is 17.6 Å². The molecule has 0 radical (unpaired) electrons. The van der Waals surface area contributed by atoms with E-state index in [2.05, 4.69) is 5.16 Å². The summed E-state index contributed by atoms with van der Waals surface area (Å²) in [7, 11) is 0. The van der Waals surface area contributed by atoms with Crippen molar-refractivity contribution in [2.45, 2.75) is 26.6 Å². The zero-order valence-electron chi connectivity index (χ0n) is 18.9. The lowest BCUT2D eigenvalue weighted by molar-refractivity contribution is -0.137. The maximum atomic E-state index is 13.5. The van der Waals surface area contributed by atoms with Crippen LogP contribution >= 0.6 is 0 Å². The van der Waals surface area contributed by atoms with Gasteiger partial charge in [0.2, 0.25) is 0 Å². The Labute approximate surface area is 199 Å². The first-order chi connectivity index (χ1) is 16.6.